The Morgan fingerprint density at radius 2 is 1.96 bits per heavy atom. The molecule has 2 aromatic rings. The lowest BCUT2D eigenvalue weighted by Gasteiger charge is -2.48. The number of likely N-dealkylation sites (N-methyl/N-ethyl adjacent to an activating group) is 1. The van der Waals surface area contributed by atoms with Crippen molar-refractivity contribution in [1.29, 1.82) is 0 Å². The maximum absolute atomic E-state index is 13.5. The van der Waals surface area contributed by atoms with Gasteiger partial charge in [0.2, 0.25) is 5.91 Å². The molecule has 2 saturated heterocycles. The molecule has 0 aliphatic carbocycles. The fraction of sp³-hybridized carbons (Fsp3) is 0.565. The smallest absolute Gasteiger partial charge is 0.242 e. The van der Waals surface area contributed by atoms with Gasteiger partial charge < -0.3 is 14.4 Å². The molecule has 2 fully saturated rings. The van der Waals surface area contributed by atoms with E-state index in [2.05, 4.69) is 59.1 Å². The second kappa shape index (κ2) is 8.48. The standard InChI is InChI=1S/C23H32N4O/c1-3-21-24-13-16-26(21)17-22(28)27-14-8-7-11-20-23(27)19(12-15-25(20)2)18-9-5-4-6-10-18/h4-6,9-10,13,16,19-20,23H,3,7-8,11-12,14-15,17H2,1-2H3/t19-,20-,23-/m1/s1. The minimum absolute atomic E-state index is 0.237. The second-order valence-corrected chi connectivity index (χ2v) is 8.25. The lowest BCUT2D eigenvalue weighted by Crippen LogP contribution is -2.58. The first-order valence-electron chi connectivity index (χ1n) is 10.7. The first kappa shape index (κ1) is 19.2. The highest BCUT2D eigenvalue weighted by Crippen LogP contribution is 2.38. The third kappa shape index (κ3) is 3.72. The molecule has 3 heterocycles. The number of hydrogen-bond donors (Lipinski definition) is 0. The summed E-state index contributed by atoms with van der Waals surface area (Å²) in [5, 5.41) is 0. The molecule has 2 aliphatic heterocycles. The van der Waals surface area contributed by atoms with Gasteiger partial charge >= 0.3 is 0 Å². The lowest BCUT2D eigenvalue weighted by molar-refractivity contribution is -0.137. The zero-order chi connectivity index (χ0) is 19.5. The van der Waals surface area contributed by atoms with Gasteiger partial charge in [0, 0.05) is 37.3 Å². The summed E-state index contributed by atoms with van der Waals surface area (Å²) in [6, 6.07) is 11.5. The fourth-order valence-corrected chi connectivity index (χ4v) is 5.20. The zero-order valence-electron chi connectivity index (χ0n) is 17.1. The number of nitrogens with zero attached hydrogens (tertiary/aromatic N) is 4. The van der Waals surface area contributed by atoms with Crippen LogP contribution in [0.2, 0.25) is 0 Å². The van der Waals surface area contributed by atoms with E-state index in [-0.39, 0.29) is 11.9 Å². The number of piperidine rings is 1. The molecule has 0 spiro atoms. The van der Waals surface area contributed by atoms with E-state index in [9.17, 15) is 4.79 Å². The van der Waals surface area contributed by atoms with Crippen molar-refractivity contribution in [2.75, 3.05) is 20.1 Å². The molecule has 1 aromatic heterocycles. The van der Waals surface area contributed by atoms with E-state index in [4.69, 9.17) is 0 Å². The van der Waals surface area contributed by atoms with Crippen LogP contribution in [0.15, 0.2) is 42.7 Å². The minimum atomic E-state index is 0.237. The van der Waals surface area contributed by atoms with Crippen molar-refractivity contribution in [3.05, 3.63) is 54.1 Å². The SMILES string of the molecule is CCc1nccn1CC(=O)N1CCCC[C@@H]2[C@H]1[C@@H](c1ccccc1)CCN2C. The number of hydrogen-bond acceptors (Lipinski definition) is 3. The van der Waals surface area contributed by atoms with Gasteiger partial charge in [-0.2, -0.15) is 0 Å². The highest BCUT2D eigenvalue weighted by molar-refractivity contribution is 5.76. The molecule has 150 valence electrons. The Labute approximate surface area is 168 Å². The van der Waals surface area contributed by atoms with Gasteiger partial charge in [-0.1, -0.05) is 43.7 Å². The molecular formula is C23H32N4O. The van der Waals surface area contributed by atoms with Crippen molar-refractivity contribution in [2.45, 2.75) is 63.6 Å². The number of aromatic nitrogens is 2. The topological polar surface area (TPSA) is 41.4 Å². The summed E-state index contributed by atoms with van der Waals surface area (Å²) in [5.41, 5.74) is 1.38. The van der Waals surface area contributed by atoms with Crippen molar-refractivity contribution in [1.82, 2.24) is 19.4 Å². The molecule has 5 heteroatoms. The van der Waals surface area contributed by atoms with Crippen LogP contribution in [-0.4, -0.2) is 57.5 Å². The Balaban J connectivity index is 1.64. The van der Waals surface area contributed by atoms with Gasteiger partial charge in [0.15, 0.2) is 0 Å². The van der Waals surface area contributed by atoms with Gasteiger partial charge in [-0.05, 0) is 38.4 Å². The Morgan fingerprint density at radius 1 is 1.14 bits per heavy atom. The van der Waals surface area contributed by atoms with Crippen molar-refractivity contribution < 1.29 is 4.79 Å². The molecule has 0 radical (unpaired) electrons. The number of benzene rings is 1. The first-order chi connectivity index (χ1) is 13.7. The summed E-state index contributed by atoms with van der Waals surface area (Å²) in [6.07, 6.45) is 9.17. The number of likely N-dealkylation sites (tertiary alicyclic amines) is 2. The normalized spacial score (nSPS) is 25.9. The van der Waals surface area contributed by atoms with Gasteiger partial charge in [-0.15, -0.1) is 0 Å². The summed E-state index contributed by atoms with van der Waals surface area (Å²) in [5.74, 6) is 1.64. The van der Waals surface area contributed by atoms with Gasteiger partial charge in [0.05, 0.1) is 6.04 Å². The maximum atomic E-state index is 13.5. The third-order valence-corrected chi connectivity index (χ3v) is 6.65. The number of carbonyl (C=O) groups is 1. The predicted molar refractivity (Wildman–Crippen MR) is 111 cm³/mol. The molecule has 0 bridgehead atoms. The Kier molecular flexibility index (Phi) is 5.81. The lowest BCUT2D eigenvalue weighted by atomic mass is 9.79. The number of aryl methyl sites for hydroxylation is 1. The van der Waals surface area contributed by atoms with E-state index in [1.807, 2.05) is 10.8 Å². The molecule has 3 atom stereocenters. The third-order valence-electron chi connectivity index (χ3n) is 6.65. The molecule has 1 amide bonds. The summed E-state index contributed by atoms with van der Waals surface area (Å²) in [6.45, 7) is 4.46. The highest BCUT2D eigenvalue weighted by atomic mass is 16.2. The molecule has 4 rings (SSSR count). The van der Waals surface area contributed by atoms with E-state index in [0.717, 1.165) is 38.2 Å². The van der Waals surface area contributed by atoms with Crippen LogP contribution < -0.4 is 0 Å². The molecule has 0 saturated carbocycles. The Hall–Kier alpha value is -2.14. The van der Waals surface area contributed by atoms with Crippen LogP contribution in [0.5, 0.6) is 0 Å². The average Bonchev–Trinajstić information content (AvgIpc) is 3.04. The van der Waals surface area contributed by atoms with Gasteiger partial charge in [-0.3, -0.25) is 4.79 Å². The minimum Gasteiger partial charge on any atom is -0.336 e. The Morgan fingerprint density at radius 3 is 2.75 bits per heavy atom. The molecule has 5 nitrogen and oxygen atoms in total. The first-order valence-corrected chi connectivity index (χ1v) is 10.7. The number of rotatable bonds is 4. The Bertz CT molecular complexity index is 787. The van der Waals surface area contributed by atoms with Crippen molar-refractivity contribution in [2.24, 2.45) is 0 Å². The van der Waals surface area contributed by atoms with Crippen molar-refractivity contribution >= 4 is 5.91 Å². The van der Waals surface area contributed by atoms with Crippen LogP contribution in [0.3, 0.4) is 0 Å². The number of amides is 1. The van der Waals surface area contributed by atoms with Gasteiger partial charge in [-0.25, -0.2) is 4.98 Å². The summed E-state index contributed by atoms with van der Waals surface area (Å²) >= 11 is 0. The van der Waals surface area contributed by atoms with Crippen LogP contribution >= 0.6 is 0 Å². The second-order valence-electron chi connectivity index (χ2n) is 8.25. The fourth-order valence-electron chi connectivity index (χ4n) is 5.20. The van der Waals surface area contributed by atoms with E-state index in [0.29, 0.717) is 18.5 Å². The monoisotopic (exact) mass is 380 g/mol. The highest BCUT2D eigenvalue weighted by Gasteiger charge is 2.43. The van der Waals surface area contributed by atoms with Crippen LogP contribution in [0, 0.1) is 0 Å². The van der Waals surface area contributed by atoms with E-state index < -0.39 is 0 Å². The van der Waals surface area contributed by atoms with Crippen LogP contribution in [-0.2, 0) is 17.8 Å². The average molecular weight is 381 g/mol. The maximum Gasteiger partial charge on any atom is 0.242 e. The van der Waals surface area contributed by atoms with Gasteiger partial charge in [0.25, 0.3) is 0 Å². The molecule has 2 aliphatic rings. The summed E-state index contributed by atoms with van der Waals surface area (Å²) in [4.78, 5) is 22.6. The predicted octanol–water partition coefficient (Wildman–Crippen LogP) is 3.31. The van der Waals surface area contributed by atoms with E-state index >= 15 is 0 Å². The largest absolute Gasteiger partial charge is 0.336 e. The van der Waals surface area contributed by atoms with E-state index in [1.54, 1.807) is 6.20 Å². The summed E-state index contributed by atoms with van der Waals surface area (Å²) in [7, 11) is 2.23. The molecular weight excluding hydrogens is 348 g/mol. The van der Waals surface area contributed by atoms with Crippen molar-refractivity contribution in [3.63, 3.8) is 0 Å². The number of fused-ring (bicyclic) bond motifs is 1. The summed E-state index contributed by atoms with van der Waals surface area (Å²) < 4.78 is 2.02. The molecule has 0 unspecified atom stereocenters. The number of imidazole rings is 1. The molecule has 28 heavy (non-hydrogen) atoms. The zero-order valence-corrected chi connectivity index (χ0v) is 17.1. The quantitative estimate of drug-likeness (QED) is 0.817. The van der Waals surface area contributed by atoms with Gasteiger partial charge in [0.1, 0.15) is 12.4 Å². The molecule has 0 N–H and O–H groups in total. The van der Waals surface area contributed by atoms with E-state index in [1.165, 1.54) is 18.4 Å². The van der Waals surface area contributed by atoms with Crippen LogP contribution in [0.1, 0.15) is 49.9 Å². The van der Waals surface area contributed by atoms with Crippen LogP contribution in [0.25, 0.3) is 0 Å². The number of carbonyl (C=O) groups excluding carboxylic acids is 1. The van der Waals surface area contributed by atoms with Crippen molar-refractivity contribution in [3.8, 4) is 0 Å². The molecule has 1 aromatic carbocycles. The van der Waals surface area contributed by atoms with Crippen LogP contribution in [0.4, 0.5) is 0 Å².